The zero-order valence-corrected chi connectivity index (χ0v) is 7.54. The molecule has 1 rings (SSSR count). The minimum atomic E-state index is -0.201. The number of ether oxygens (including phenoxy) is 2. The van der Waals surface area contributed by atoms with E-state index in [1.165, 1.54) is 0 Å². The van der Waals surface area contributed by atoms with Gasteiger partial charge in [-0.25, -0.2) is 0 Å². The van der Waals surface area contributed by atoms with Crippen molar-refractivity contribution < 1.29 is 14.3 Å². The summed E-state index contributed by atoms with van der Waals surface area (Å²) in [6.07, 6.45) is 2.80. The highest BCUT2D eigenvalue weighted by atomic mass is 16.5. The van der Waals surface area contributed by atoms with Crippen LogP contribution in [0.3, 0.4) is 0 Å². The van der Waals surface area contributed by atoms with Crippen LogP contribution < -0.4 is 0 Å². The topological polar surface area (TPSA) is 35.5 Å². The number of unbranched alkanes of at least 4 members (excludes halogenated alkanes) is 1. The molecule has 1 fully saturated rings. The van der Waals surface area contributed by atoms with Crippen molar-refractivity contribution in [2.45, 2.75) is 32.3 Å². The van der Waals surface area contributed by atoms with Gasteiger partial charge in [0.25, 0.3) is 0 Å². The number of carbonyl (C=O) groups is 1. The molecular weight excluding hydrogens is 156 g/mol. The van der Waals surface area contributed by atoms with Gasteiger partial charge >= 0.3 is 0 Å². The van der Waals surface area contributed by atoms with Crippen molar-refractivity contribution in [3.8, 4) is 0 Å². The minimum absolute atomic E-state index is 0.0981. The van der Waals surface area contributed by atoms with E-state index in [9.17, 15) is 4.79 Å². The third-order valence-corrected chi connectivity index (χ3v) is 1.97. The first kappa shape index (κ1) is 9.68. The first-order valence-corrected chi connectivity index (χ1v) is 4.56. The van der Waals surface area contributed by atoms with E-state index in [2.05, 4.69) is 6.92 Å². The summed E-state index contributed by atoms with van der Waals surface area (Å²) < 4.78 is 10.4. The van der Waals surface area contributed by atoms with Gasteiger partial charge in [0, 0.05) is 0 Å². The van der Waals surface area contributed by atoms with E-state index in [0.717, 1.165) is 19.3 Å². The van der Waals surface area contributed by atoms with Crippen molar-refractivity contribution in [1.82, 2.24) is 0 Å². The van der Waals surface area contributed by atoms with Crippen LogP contribution in [0.15, 0.2) is 0 Å². The zero-order chi connectivity index (χ0) is 8.81. The molecule has 12 heavy (non-hydrogen) atoms. The fourth-order valence-electron chi connectivity index (χ4n) is 1.24. The summed E-state index contributed by atoms with van der Waals surface area (Å²) >= 11 is 0. The summed E-state index contributed by atoms with van der Waals surface area (Å²) in [5, 5.41) is 0. The molecule has 1 saturated heterocycles. The van der Waals surface area contributed by atoms with Gasteiger partial charge in [-0.15, -0.1) is 0 Å². The summed E-state index contributed by atoms with van der Waals surface area (Å²) in [5.74, 6) is 0.0981. The van der Waals surface area contributed by atoms with Crippen LogP contribution in [0.1, 0.15) is 26.2 Å². The number of hydrogen-bond donors (Lipinski definition) is 0. The van der Waals surface area contributed by atoms with E-state index in [1.54, 1.807) is 0 Å². The Balaban J connectivity index is 2.31. The molecule has 1 aliphatic heterocycles. The van der Waals surface area contributed by atoms with Crippen molar-refractivity contribution in [2.24, 2.45) is 0 Å². The second kappa shape index (κ2) is 5.27. The molecule has 0 amide bonds. The summed E-state index contributed by atoms with van der Waals surface area (Å²) in [6, 6.07) is 0. The Bertz CT molecular complexity index is 145. The fourth-order valence-corrected chi connectivity index (χ4v) is 1.24. The van der Waals surface area contributed by atoms with Gasteiger partial charge in [-0.1, -0.05) is 19.8 Å². The smallest absolute Gasteiger partial charge is 0.187 e. The van der Waals surface area contributed by atoms with Gasteiger partial charge in [0.05, 0.1) is 13.2 Å². The van der Waals surface area contributed by atoms with Gasteiger partial charge in [0.15, 0.2) is 5.78 Å². The molecule has 0 N–H and O–H groups in total. The van der Waals surface area contributed by atoms with Crippen molar-refractivity contribution in [3.05, 3.63) is 0 Å². The van der Waals surface area contributed by atoms with Gasteiger partial charge < -0.3 is 9.47 Å². The van der Waals surface area contributed by atoms with Crippen LogP contribution >= 0.6 is 0 Å². The molecule has 0 aromatic rings. The third-order valence-electron chi connectivity index (χ3n) is 1.97. The van der Waals surface area contributed by atoms with Crippen LogP contribution in [0.5, 0.6) is 0 Å². The minimum Gasteiger partial charge on any atom is -0.371 e. The molecule has 70 valence electrons. The van der Waals surface area contributed by atoms with E-state index in [-0.39, 0.29) is 18.5 Å². The van der Waals surface area contributed by atoms with Gasteiger partial charge in [-0.05, 0) is 6.42 Å². The summed E-state index contributed by atoms with van der Waals surface area (Å²) in [5.41, 5.74) is 0. The van der Waals surface area contributed by atoms with Crippen molar-refractivity contribution in [2.75, 3.05) is 19.8 Å². The Morgan fingerprint density at radius 2 is 2.33 bits per heavy atom. The Morgan fingerprint density at radius 1 is 1.50 bits per heavy atom. The molecule has 1 heterocycles. The fraction of sp³-hybridized carbons (Fsp3) is 0.889. The maximum absolute atomic E-state index is 11.3. The molecule has 0 bridgehead atoms. The molecule has 3 nitrogen and oxygen atoms in total. The number of carbonyl (C=O) groups excluding carboxylic acids is 1. The van der Waals surface area contributed by atoms with E-state index in [1.807, 2.05) is 0 Å². The zero-order valence-electron chi connectivity index (χ0n) is 7.54. The van der Waals surface area contributed by atoms with Crippen LogP contribution in [0, 0.1) is 0 Å². The quantitative estimate of drug-likeness (QED) is 0.641. The number of Topliss-reactive ketones (excluding diaryl/α,β-unsaturated/α-hetero) is 1. The van der Waals surface area contributed by atoms with Gasteiger partial charge in [0.1, 0.15) is 12.7 Å². The Kier molecular flexibility index (Phi) is 4.25. The summed E-state index contributed by atoms with van der Waals surface area (Å²) in [7, 11) is 0. The maximum Gasteiger partial charge on any atom is 0.187 e. The molecule has 0 aliphatic carbocycles. The normalized spacial score (nSPS) is 25.4. The van der Waals surface area contributed by atoms with E-state index < -0.39 is 0 Å². The standard InChI is InChI=1S/C9H16O3/c1-2-3-4-9-8(10)7-11-5-6-12-9/h9H,2-7H2,1H3. The number of rotatable bonds is 3. The molecular formula is C9H16O3. The Labute approximate surface area is 73.0 Å². The van der Waals surface area contributed by atoms with Gasteiger partial charge in [0.2, 0.25) is 0 Å². The lowest BCUT2D eigenvalue weighted by molar-refractivity contribution is -0.130. The maximum atomic E-state index is 11.3. The van der Waals surface area contributed by atoms with Crippen LogP contribution in [-0.4, -0.2) is 31.7 Å². The molecule has 0 saturated carbocycles. The lowest BCUT2D eigenvalue weighted by atomic mass is 10.1. The van der Waals surface area contributed by atoms with Crippen molar-refractivity contribution in [1.29, 1.82) is 0 Å². The van der Waals surface area contributed by atoms with Gasteiger partial charge in [-0.3, -0.25) is 4.79 Å². The monoisotopic (exact) mass is 172 g/mol. The van der Waals surface area contributed by atoms with Crippen LogP contribution in [0.2, 0.25) is 0 Å². The van der Waals surface area contributed by atoms with Crippen molar-refractivity contribution >= 4 is 5.78 Å². The largest absolute Gasteiger partial charge is 0.371 e. The van der Waals surface area contributed by atoms with Crippen molar-refractivity contribution in [3.63, 3.8) is 0 Å². The molecule has 0 spiro atoms. The first-order chi connectivity index (χ1) is 5.84. The second-order valence-corrected chi connectivity index (χ2v) is 3.02. The number of hydrogen-bond acceptors (Lipinski definition) is 3. The highest BCUT2D eigenvalue weighted by molar-refractivity contribution is 5.84. The molecule has 0 radical (unpaired) electrons. The molecule has 1 unspecified atom stereocenters. The highest BCUT2D eigenvalue weighted by Crippen LogP contribution is 2.08. The Morgan fingerprint density at radius 3 is 3.08 bits per heavy atom. The number of ketones is 1. The molecule has 1 atom stereocenters. The molecule has 1 aliphatic rings. The predicted octanol–water partition coefficient (Wildman–Crippen LogP) is 1.16. The Hall–Kier alpha value is -0.410. The van der Waals surface area contributed by atoms with E-state index in [0.29, 0.717) is 13.2 Å². The third kappa shape index (κ3) is 2.91. The van der Waals surface area contributed by atoms with E-state index >= 15 is 0 Å². The van der Waals surface area contributed by atoms with Crippen LogP contribution in [-0.2, 0) is 14.3 Å². The summed E-state index contributed by atoms with van der Waals surface area (Å²) in [6.45, 7) is 3.44. The lowest BCUT2D eigenvalue weighted by Gasteiger charge is -2.11. The second-order valence-electron chi connectivity index (χ2n) is 3.02. The average Bonchev–Trinajstić information content (AvgIpc) is 2.27. The SMILES string of the molecule is CCCCC1OCCOCC1=O. The molecule has 0 aromatic carbocycles. The lowest BCUT2D eigenvalue weighted by Crippen LogP contribution is -2.25. The molecule has 0 aromatic heterocycles. The average molecular weight is 172 g/mol. The first-order valence-electron chi connectivity index (χ1n) is 4.56. The highest BCUT2D eigenvalue weighted by Gasteiger charge is 2.20. The van der Waals surface area contributed by atoms with Crippen LogP contribution in [0.4, 0.5) is 0 Å². The van der Waals surface area contributed by atoms with Gasteiger partial charge in [-0.2, -0.15) is 0 Å². The van der Waals surface area contributed by atoms with E-state index in [4.69, 9.17) is 9.47 Å². The van der Waals surface area contributed by atoms with Crippen LogP contribution in [0.25, 0.3) is 0 Å². The summed E-state index contributed by atoms with van der Waals surface area (Å²) in [4.78, 5) is 11.3. The molecule has 3 heteroatoms. The predicted molar refractivity (Wildman–Crippen MR) is 45.1 cm³/mol.